The molecule has 0 unspecified atom stereocenters. The van der Waals surface area contributed by atoms with Gasteiger partial charge in [-0.3, -0.25) is 9.59 Å². The third-order valence-electron chi connectivity index (χ3n) is 3.48. The van der Waals surface area contributed by atoms with Gasteiger partial charge in [0.05, 0.1) is 0 Å². The fourth-order valence-corrected chi connectivity index (χ4v) is 2.79. The van der Waals surface area contributed by atoms with Crippen molar-refractivity contribution in [1.82, 2.24) is 0 Å². The first kappa shape index (κ1) is 18.3. The highest BCUT2D eigenvalue weighted by atomic mass is 35.5. The smallest absolute Gasteiger partial charge is 0.244 e. The number of hydrogen-bond donors (Lipinski definition) is 1. The van der Waals surface area contributed by atoms with Crippen LogP contribution in [-0.2, 0) is 16.0 Å². The normalized spacial score (nSPS) is 10.3. The van der Waals surface area contributed by atoms with Crippen LogP contribution >= 0.6 is 23.2 Å². The maximum Gasteiger partial charge on any atom is 0.244 e. The van der Waals surface area contributed by atoms with E-state index in [1.807, 2.05) is 24.3 Å². The second kappa shape index (κ2) is 8.18. The summed E-state index contributed by atoms with van der Waals surface area (Å²) < 4.78 is 0. The third-order valence-corrected chi connectivity index (χ3v) is 3.92. The fraction of sp³-hybridized carbons (Fsp3) is 0.222. The molecule has 1 N–H and O–H groups in total. The van der Waals surface area contributed by atoms with Gasteiger partial charge in [0.15, 0.2) is 0 Å². The Morgan fingerprint density at radius 2 is 1.62 bits per heavy atom. The molecule has 4 nitrogen and oxygen atoms in total. The number of aryl methyl sites for hydroxylation is 1. The molecular formula is C18H18Cl2N2O2. The van der Waals surface area contributed by atoms with Crippen LogP contribution in [0.3, 0.4) is 0 Å². The van der Waals surface area contributed by atoms with Gasteiger partial charge in [-0.1, -0.05) is 42.3 Å². The number of carbonyl (C=O) groups excluding carboxylic acids is 2. The lowest BCUT2D eigenvalue weighted by molar-refractivity contribution is -0.120. The summed E-state index contributed by atoms with van der Waals surface area (Å²) >= 11 is 11.8. The Bertz CT molecular complexity index is 725. The summed E-state index contributed by atoms with van der Waals surface area (Å²) in [5.41, 5.74) is 2.33. The Labute approximate surface area is 151 Å². The van der Waals surface area contributed by atoms with Crippen LogP contribution in [0.2, 0.25) is 10.0 Å². The molecule has 0 spiro atoms. The van der Waals surface area contributed by atoms with E-state index in [0.717, 1.165) is 6.42 Å². The van der Waals surface area contributed by atoms with Crippen LogP contribution < -0.4 is 10.2 Å². The SMILES string of the molecule is CCc1ccc(N(CC(=O)Nc2cc(Cl)cc(Cl)c2)C(C)=O)cc1. The zero-order valence-corrected chi connectivity index (χ0v) is 15.0. The maximum atomic E-state index is 12.3. The average molecular weight is 365 g/mol. The van der Waals surface area contributed by atoms with E-state index in [9.17, 15) is 9.59 Å². The number of hydrogen-bond acceptors (Lipinski definition) is 2. The molecule has 0 atom stereocenters. The molecule has 126 valence electrons. The van der Waals surface area contributed by atoms with Crippen molar-refractivity contribution >= 4 is 46.4 Å². The Balaban J connectivity index is 2.11. The van der Waals surface area contributed by atoms with Crippen LogP contribution in [-0.4, -0.2) is 18.4 Å². The minimum atomic E-state index is -0.330. The van der Waals surface area contributed by atoms with Gasteiger partial charge >= 0.3 is 0 Å². The van der Waals surface area contributed by atoms with Gasteiger partial charge in [0.1, 0.15) is 6.54 Å². The van der Waals surface area contributed by atoms with E-state index in [0.29, 0.717) is 21.4 Å². The van der Waals surface area contributed by atoms with Gasteiger partial charge in [-0.15, -0.1) is 0 Å². The molecule has 2 aromatic rings. The highest BCUT2D eigenvalue weighted by Gasteiger charge is 2.16. The van der Waals surface area contributed by atoms with Gasteiger partial charge in [0.2, 0.25) is 11.8 Å². The molecule has 0 bridgehead atoms. The predicted octanol–water partition coefficient (Wildman–Crippen LogP) is 4.55. The van der Waals surface area contributed by atoms with Crippen molar-refractivity contribution in [2.24, 2.45) is 0 Å². The zero-order chi connectivity index (χ0) is 17.7. The minimum absolute atomic E-state index is 0.0923. The van der Waals surface area contributed by atoms with Crippen molar-refractivity contribution in [3.8, 4) is 0 Å². The number of amides is 2. The summed E-state index contributed by atoms with van der Waals surface area (Å²) in [5, 5.41) is 3.55. The van der Waals surface area contributed by atoms with Crippen LogP contribution in [0.4, 0.5) is 11.4 Å². The summed E-state index contributed by atoms with van der Waals surface area (Å²) in [7, 11) is 0. The first-order chi connectivity index (χ1) is 11.4. The van der Waals surface area contributed by atoms with Gasteiger partial charge < -0.3 is 10.2 Å². The molecule has 24 heavy (non-hydrogen) atoms. The van der Waals surface area contributed by atoms with Gasteiger partial charge in [0, 0.05) is 28.3 Å². The third kappa shape index (κ3) is 4.98. The van der Waals surface area contributed by atoms with Crippen molar-refractivity contribution < 1.29 is 9.59 Å². The molecule has 0 aromatic heterocycles. The molecule has 2 rings (SSSR count). The molecule has 0 aliphatic heterocycles. The molecule has 2 amide bonds. The summed E-state index contributed by atoms with van der Waals surface area (Å²) in [6.07, 6.45) is 0.913. The van der Waals surface area contributed by atoms with Crippen molar-refractivity contribution in [2.75, 3.05) is 16.8 Å². The van der Waals surface area contributed by atoms with Crippen LogP contribution in [0.5, 0.6) is 0 Å². The van der Waals surface area contributed by atoms with Gasteiger partial charge in [-0.2, -0.15) is 0 Å². The molecule has 6 heteroatoms. The predicted molar refractivity (Wildman–Crippen MR) is 98.9 cm³/mol. The zero-order valence-electron chi connectivity index (χ0n) is 13.5. The molecule has 0 aliphatic rings. The number of carbonyl (C=O) groups is 2. The van der Waals surface area contributed by atoms with Crippen molar-refractivity contribution in [1.29, 1.82) is 0 Å². The second-order valence-corrected chi connectivity index (χ2v) is 6.20. The minimum Gasteiger partial charge on any atom is -0.324 e. The van der Waals surface area contributed by atoms with Crippen molar-refractivity contribution in [3.05, 3.63) is 58.1 Å². The highest BCUT2D eigenvalue weighted by Crippen LogP contribution is 2.22. The Morgan fingerprint density at radius 3 is 2.12 bits per heavy atom. The number of nitrogens with one attached hydrogen (secondary N) is 1. The quantitative estimate of drug-likeness (QED) is 0.845. The largest absolute Gasteiger partial charge is 0.324 e. The van der Waals surface area contributed by atoms with Crippen molar-refractivity contribution in [3.63, 3.8) is 0 Å². The van der Waals surface area contributed by atoms with Crippen LogP contribution in [0.15, 0.2) is 42.5 Å². The van der Waals surface area contributed by atoms with E-state index in [1.54, 1.807) is 18.2 Å². The Morgan fingerprint density at radius 1 is 1.04 bits per heavy atom. The lowest BCUT2D eigenvalue weighted by Crippen LogP contribution is -2.36. The standard InChI is InChI=1S/C18H18Cl2N2O2/c1-3-13-4-6-17(7-5-13)22(12(2)23)11-18(24)21-16-9-14(19)8-15(20)10-16/h4-10H,3,11H2,1-2H3,(H,21,24). The highest BCUT2D eigenvalue weighted by molar-refractivity contribution is 6.35. The summed E-state index contributed by atoms with van der Waals surface area (Å²) in [6.45, 7) is 3.39. The molecule has 0 heterocycles. The number of rotatable bonds is 5. The van der Waals surface area contributed by atoms with Gasteiger partial charge in [-0.05, 0) is 42.3 Å². The first-order valence-corrected chi connectivity index (χ1v) is 8.27. The second-order valence-electron chi connectivity index (χ2n) is 5.33. The van der Waals surface area contributed by atoms with Crippen LogP contribution in [0.1, 0.15) is 19.4 Å². The number of anilines is 2. The van der Waals surface area contributed by atoms with E-state index >= 15 is 0 Å². The molecular weight excluding hydrogens is 347 g/mol. The number of halogens is 2. The lowest BCUT2D eigenvalue weighted by atomic mass is 10.1. The summed E-state index contributed by atoms with van der Waals surface area (Å²) in [6, 6.07) is 12.3. The summed E-state index contributed by atoms with van der Waals surface area (Å²) in [5.74, 6) is -0.540. The van der Waals surface area contributed by atoms with E-state index < -0.39 is 0 Å². The summed E-state index contributed by atoms with van der Waals surface area (Å²) in [4.78, 5) is 25.6. The molecule has 0 saturated carbocycles. The van der Waals surface area contributed by atoms with Gasteiger partial charge in [0.25, 0.3) is 0 Å². The van der Waals surface area contributed by atoms with Gasteiger partial charge in [-0.25, -0.2) is 0 Å². The Hall–Kier alpha value is -2.04. The first-order valence-electron chi connectivity index (χ1n) is 7.52. The lowest BCUT2D eigenvalue weighted by Gasteiger charge is -2.21. The molecule has 0 saturated heterocycles. The number of benzene rings is 2. The Kier molecular flexibility index (Phi) is 6.23. The van der Waals surface area contributed by atoms with E-state index in [2.05, 4.69) is 12.2 Å². The molecule has 0 radical (unpaired) electrons. The monoisotopic (exact) mass is 364 g/mol. The van der Waals surface area contributed by atoms with E-state index in [1.165, 1.54) is 17.4 Å². The number of nitrogens with zero attached hydrogens (tertiary/aromatic N) is 1. The average Bonchev–Trinajstić information content (AvgIpc) is 2.51. The molecule has 2 aromatic carbocycles. The maximum absolute atomic E-state index is 12.3. The van der Waals surface area contributed by atoms with E-state index in [-0.39, 0.29) is 18.4 Å². The molecule has 0 aliphatic carbocycles. The van der Waals surface area contributed by atoms with Crippen LogP contribution in [0.25, 0.3) is 0 Å². The van der Waals surface area contributed by atoms with Crippen LogP contribution in [0, 0.1) is 0 Å². The van der Waals surface area contributed by atoms with Crippen molar-refractivity contribution in [2.45, 2.75) is 20.3 Å². The topological polar surface area (TPSA) is 49.4 Å². The molecule has 0 fully saturated rings. The van der Waals surface area contributed by atoms with E-state index in [4.69, 9.17) is 23.2 Å². The fourth-order valence-electron chi connectivity index (χ4n) is 2.27.